The van der Waals surface area contributed by atoms with Crippen LogP contribution in [0.1, 0.15) is 25.1 Å². The second kappa shape index (κ2) is 4.34. The molecule has 7 nitrogen and oxygen atoms in total. The molecule has 0 bridgehead atoms. The van der Waals surface area contributed by atoms with Gasteiger partial charge in [-0.2, -0.15) is 4.98 Å². The molecule has 8 heteroatoms. The Kier molecular flexibility index (Phi) is 2.75. The van der Waals surface area contributed by atoms with Gasteiger partial charge in [-0.15, -0.1) is 0 Å². The van der Waals surface area contributed by atoms with Gasteiger partial charge in [0.15, 0.2) is 5.82 Å². The van der Waals surface area contributed by atoms with Gasteiger partial charge in [0.2, 0.25) is 0 Å². The van der Waals surface area contributed by atoms with Crippen molar-refractivity contribution in [2.45, 2.75) is 24.8 Å². The highest BCUT2D eigenvalue weighted by atomic mass is 19.1. The quantitative estimate of drug-likeness (QED) is 0.680. The van der Waals surface area contributed by atoms with E-state index in [9.17, 15) is 14.5 Å². The van der Waals surface area contributed by atoms with Crippen LogP contribution in [0.15, 0.2) is 22.7 Å². The Hall–Kier alpha value is -2.35. The Morgan fingerprint density at radius 1 is 1.45 bits per heavy atom. The molecule has 20 heavy (non-hydrogen) atoms. The first-order valence-electron chi connectivity index (χ1n) is 6.07. The summed E-state index contributed by atoms with van der Waals surface area (Å²) in [6.45, 7) is 0. The van der Waals surface area contributed by atoms with Gasteiger partial charge in [0.25, 0.3) is 11.6 Å². The third-order valence-electron chi connectivity index (χ3n) is 3.50. The smallest absolute Gasteiger partial charge is 0.285 e. The SMILES string of the molecule is NC1(c2noc(-c3ccc(F)cc3[N+](=O)[O-])n2)CCC1. The van der Waals surface area contributed by atoms with E-state index < -0.39 is 22.0 Å². The summed E-state index contributed by atoms with van der Waals surface area (Å²) in [7, 11) is 0. The minimum absolute atomic E-state index is 0.0246. The molecule has 0 aliphatic heterocycles. The molecule has 0 spiro atoms. The van der Waals surface area contributed by atoms with Crippen LogP contribution in [0, 0.1) is 15.9 Å². The molecule has 0 amide bonds. The van der Waals surface area contributed by atoms with Gasteiger partial charge in [-0.05, 0) is 31.4 Å². The fourth-order valence-electron chi connectivity index (χ4n) is 2.15. The first-order chi connectivity index (χ1) is 9.49. The number of halogens is 1. The standard InChI is InChI=1S/C12H11FN4O3/c13-7-2-3-8(9(6-7)17(18)19)10-15-11(16-20-10)12(14)4-1-5-12/h2-3,6H,1,4-5,14H2. The van der Waals surface area contributed by atoms with E-state index in [1.54, 1.807) is 0 Å². The van der Waals surface area contributed by atoms with E-state index in [0.29, 0.717) is 5.82 Å². The van der Waals surface area contributed by atoms with E-state index in [0.717, 1.165) is 31.4 Å². The predicted molar refractivity (Wildman–Crippen MR) is 66.1 cm³/mol. The van der Waals surface area contributed by atoms with E-state index in [-0.39, 0.29) is 11.5 Å². The Bertz CT molecular complexity index is 681. The molecule has 0 unspecified atom stereocenters. The van der Waals surface area contributed by atoms with E-state index in [4.69, 9.17) is 10.3 Å². The van der Waals surface area contributed by atoms with Crippen molar-refractivity contribution >= 4 is 5.69 Å². The molecule has 1 fully saturated rings. The van der Waals surface area contributed by atoms with E-state index in [1.165, 1.54) is 6.07 Å². The van der Waals surface area contributed by atoms with Crippen LogP contribution < -0.4 is 5.73 Å². The molecule has 2 N–H and O–H groups in total. The van der Waals surface area contributed by atoms with Crippen LogP contribution in [-0.4, -0.2) is 15.1 Å². The van der Waals surface area contributed by atoms with Gasteiger partial charge in [0.1, 0.15) is 11.4 Å². The summed E-state index contributed by atoms with van der Waals surface area (Å²) in [5, 5.41) is 14.7. The van der Waals surface area contributed by atoms with Gasteiger partial charge in [0, 0.05) is 0 Å². The number of aromatic nitrogens is 2. The monoisotopic (exact) mass is 278 g/mol. The topological polar surface area (TPSA) is 108 Å². The van der Waals surface area contributed by atoms with Gasteiger partial charge in [-0.25, -0.2) is 4.39 Å². The number of nitrogens with zero attached hydrogens (tertiary/aromatic N) is 3. The number of nitrogens with two attached hydrogens (primary N) is 1. The third-order valence-corrected chi connectivity index (χ3v) is 3.50. The van der Waals surface area contributed by atoms with Crippen molar-refractivity contribution in [3.8, 4) is 11.5 Å². The molecule has 1 aromatic carbocycles. The summed E-state index contributed by atoms with van der Waals surface area (Å²) < 4.78 is 18.1. The molecule has 1 heterocycles. The zero-order valence-corrected chi connectivity index (χ0v) is 10.4. The fraction of sp³-hybridized carbons (Fsp3) is 0.333. The molecule has 1 aromatic heterocycles. The normalized spacial score (nSPS) is 16.7. The lowest BCUT2D eigenvalue weighted by Crippen LogP contribution is -2.44. The Labute approximate surface area is 112 Å². The van der Waals surface area contributed by atoms with Crippen LogP contribution in [0.5, 0.6) is 0 Å². The highest BCUT2D eigenvalue weighted by Gasteiger charge is 2.39. The van der Waals surface area contributed by atoms with Crippen LogP contribution >= 0.6 is 0 Å². The van der Waals surface area contributed by atoms with Crippen LogP contribution in [-0.2, 0) is 5.54 Å². The number of benzene rings is 1. The molecule has 1 saturated carbocycles. The van der Waals surface area contributed by atoms with Crippen LogP contribution in [0.3, 0.4) is 0 Å². The summed E-state index contributed by atoms with van der Waals surface area (Å²) >= 11 is 0. The van der Waals surface area contributed by atoms with Crippen molar-refractivity contribution in [3.63, 3.8) is 0 Å². The lowest BCUT2D eigenvalue weighted by atomic mass is 9.77. The lowest BCUT2D eigenvalue weighted by molar-refractivity contribution is -0.384. The first-order valence-corrected chi connectivity index (χ1v) is 6.07. The Balaban J connectivity index is 2.03. The van der Waals surface area contributed by atoms with Crippen molar-refractivity contribution < 1.29 is 13.8 Å². The van der Waals surface area contributed by atoms with Crippen molar-refractivity contribution in [1.82, 2.24) is 10.1 Å². The number of rotatable bonds is 3. The lowest BCUT2D eigenvalue weighted by Gasteiger charge is -2.34. The molecule has 0 atom stereocenters. The molecular formula is C12H11FN4O3. The average molecular weight is 278 g/mol. The zero-order chi connectivity index (χ0) is 14.3. The maximum atomic E-state index is 13.1. The second-order valence-corrected chi connectivity index (χ2v) is 4.85. The van der Waals surface area contributed by atoms with Crippen molar-refractivity contribution in [1.29, 1.82) is 0 Å². The fourth-order valence-corrected chi connectivity index (χ4v) is 2.15. The van der Waals surface area contributed by atoms with E-state index in [2.05, 4.69) is 10.1 Å². The molecule has 0 saturated heterocycles. The molecular weight excluding hydrogens is 267 g/mol. The number of hydrogen-bond acceptors (Lipinski definition) is 6. The number of nitro benzene ring substituents is 1. The minimum Gasteiger partial charge on any atom is -0.334 e. The number of nitro groups is 1. The van der Waals surface area contributed by atoms with Gasteiger partial charge in [-0.3, -0.25) is 10.1 Å². The summed E-state index contributed by atoms with van der Waals surface area (Å²) in [5.74, 6) is -0.393. The molecule has 104 valence electrons. The molecule has 1 aliphatic rings. The average Bonchev–Trinajstić information content (AvgIpc) is 2.85. The van der Waals surface area contributed by atoms with Gasteiger partial charge in [-0.1, -0.05) is 5.16 Å². The molecule has 1 aliphatic carbocycles. The summed E-state index contributed by atoms with van der Waals surface area (Å²) in [5.41, 5.74) is 5.11. The summed E-state index contributed by atoms with van der Waals surface area (Å²) in [4.78, 5) is 14.4. The second-order valence-electron chi connectivity index (χ2n) is 4.85. The first kappa shape index (κ1) is 12.7. The van der Waals surface area contributed by atoms with Crippen LogP contribution in [0.4, 0.5) is 10.1 Å². The Morgan fingerprint density at radius 2 is 2.20 bits per heavy atom. The van der Waals surface area contributed by atoms with Gasteiger partial charge in [0.05, 0.1) is 16.5 Å². The largest absolute Gasteiger partial charge is 0.334 e. The third kappa shape index (κ3) is 1.94. The minimum atomic E-state index is -0.700. The van der Waals surface area contributed by atoms with Crippen molar-refractivity contribution in [3.05, 3.63) is 40.0 Å². The van der Waals surface area contributed by atoms with Crippen molar-refractivity contribution in [2.75, 3.05) is 0 Å². The molecule has 0 radical (unpaired) electrons. The predicted octanol–water partition coefficient (Wildman–Crippen LogP) is 2.12. The van der Waals surface area contributed by atoms with Gasteiger partial charge >= 0.3 is 0 Å². The molecule has 3 rings (SSSR count). The van der Waals surface area contributed by atoms with Crippen LogP contribution in [0.25, 0.3) is 11.5 Å². The van der Waals surface area contributed by atoms with Crippen molar-refractivity contribution in [2.24, 2.45) is 5.73 Å². The zero-order valence-electron chi connectivity index (χ0n) is 10.4. The molecule has 2 aromatic rings. The van der Waals surface area contributed by atoms with Gasteiger partial charge < -0.3 is 10.3 Å². The highest BCUT2D eigenvalue weighted by molar-refractivity contribution is 5.66. The summed E-state index contributed by atoms with van der Waals surface area (Å²) in [6.07, 6.45) is 2.48. The number of hydrogen-bond donors (Lipinski definition) is 1. The maximum absolute atomic E-state index is 13.1. The van der Waals surface area contributed by atoms with E-state index in [1.807, 2.05) is 0 Å². The van der Waals surface area contributed by atoms with E-state index >= 15 is 0 Å². The van der Waals surface area contributed by atoms with Crippen LogP contribution in [0.2, 0.25) is 0 Å². The maximum Gasteiger partial charge on any atom is 0.285 e. The Morgan fingerprint density at radius 3 is 2.80 bits per heavy atom. The highest BCUT2D eigenvalue weighted by Crippen LogP contribution is 2.38. The summed E-state index contributed by atoms with van der Waals surface area (Å²) in [6, 6.07) is 3.17.